The average molecular weight is 154 g/mol. The molecule has 11 heavy (non-hydrogen) atoms. The maximum atomic E-state index is 11.0. The van der Waals surface area contributed by atoms with Crippen molar-refractivity contribution in [3.63, 3.8) is 0 Å². The molecule has 2 aliphatic heterocycles. The lowest BCUT2D eigenvalue weighted by Gasteiger charge is -2.49. The number of ether oxygens (including phenoxy) is 1. The summed E-state index contributed by atoms with van der Waals surface area (Å²) in [6.45, 7) is 4.40. The highest BCUT2D eigenvalue weighted by Crippen LogP contribution is 2.52. The largest absolute Gasteiger partial charge is 0.462 e. The van der Waals surface area contributed by atoms with Crippen LogP contribution in [-0.2, 0) is 9.53 Å². The van der Waals surface area contributed by atoms with Gasteiger partial charge in [-0.1, -0.05) is 13.8 Å². The number of hydrogen-bond acceptors (Lipinski definition) is 2. The zero-order valence-corrected chi connectivity index (χ0v) is 7.09. The van der Waals surface area contributed by atoms with E-state index in [0.29, 0.717) is 6.42 Å². The van der Waals surface area contributed by atoms with Crippen LogP contribution in [0.2, 0.25) is 0 Å². The number of rotatable bonds is 0. The summed E-state index contributed by atoms with van der Waals surface area (Å²) in [6.07, 6.45) is 2.97. The van der Waals surface area contributed by atoms with Crippen LogP contribution in [0.25, 0.3) is 0 Å². The van der Waals surface area contributed by atoms with Gasteiger partial charge in [0.25, 0.3) is 0 Å². The van der Waals surface area contributed by atoms with Crippen LogP contribution < -0.4 is 0 Å². The fourth-order valence-corrected chi connectivity index (χ4v) is 2.17. The fraction of sp³-hybridized carbons (Fsp3) is 0.889. The van der Waals surface area contributed by atoms with Gasteiger partial charge >= 0.3 is 5.97 Å². The molecular weight excluding hydrogens is 140 g/mol. The van der Waals surface area contributed by atoms with E-state index in [1.807, 2.05) is 0 Å². The van der Waals surface area contributed by atoms with Crippen LogP contribution in [-0.4, -0.2) is 12.1 Å². The van der Waals surface area contributed by atoms with E-state index in [9.17, 15) is 4.79 Å². The van der Waals surface area contributed by atoms with Crippen molar-refractivity contribution in [3.05, 3.63) is 0 Å². The topological polar surface area (TPSA) is 26.3 Å². The van der Waals surface area contributed by atoms with E-state index in [4.69, 9.17) is 4.74 Å². The van der Waals surface area contributed by atoms with Crippen molar-refractivity contribution in [1.29, 1.82) is 0 Å². The minimum Gasteiger partial charge on any atom is -0.462 e. The lowest BCUT2D eigenvalue weighted by Crippen LogP contribution is -2.49. The Morgan fingerprint density at radius 1 is 1.55 bits per heavy atom. The van der Waals surface area contributed by atoms with Crippen molar-refractivity contribution in [1.82, 2.24) is 0 Å². The van der Waals surface area contributed by atoms with Crippen LogP contribution in [0.3, 0.4) is 0 Å². The fourth-order valence-electron chi connectivity index (χ4n) is 2.17. The highest BCUT2D eigenvalue weighted by atomic mass is 16.5. The number of carbonyl (C=O) groups is 1. The minimum atomic E-state index is 0.00285. The lowest BCUT2D eigenvalue weighted by molar-refractivity contribution is -0.165. The molecule has 3 aliphatic rings. The van der Waals surface area contributed by atoms with Crippen LogP contribution >= 0.6 is 0 Å². The van der Waals surface area contributed by atoms with Gasteiger partial charge in [0.1, 0.15) is 6.10 Å². The zero-order chi connectivity index (χ0) is 8.06. The number of fused-ring (bicyclic) bond motifs is 3. The molecule has 0 aromatic heterocycles. The standard InChI is InChI=1S/C9H14O2/c1-9(2)6-3-4-8(10)11-7(9)5-6/h6-7H,3-5H2,1-2H3/t6?,7-/m1/s1. The molecular formula is C9H14O2. The number of esters is 1. The van der Waals surface area contributed by atoms with Gasteiger partial charge in [0.05, 0.1) is 0 Å². The molecule has 3 fully saturated rings. The van der Waals surface area contributed by atoms with Crippen molar-refractivity contribution in [3.8, 4) is 0 Å². The van der Waals surface area contributed by atoms with Gasteiger partial charge in [-0.05, 0) is 18.8 Å². The van der Waals surface area contributed by atoms with Crippen molar-refractivity contribution in [2.75, 3.05) is 0 Å². The molecule has 2 saturated heterocycles. The Bertz CT molecular complexity index is 196. The monoisotopic (exact) mass is 154 g/mol. The summed E-state index contributed by atoms with van der Waals surface area (Å²) in [7, 11) is 0. The Morgan fingerprint density at radius 2 is 2.27 bits per heavy atom. The van der Waals surface area contributed by atoms with Crippen LogP contribution in [0.15, 0.2) is 0 Å². The maximum absolute atomic E-state index is 11.0. The Morgan fingerprint density at radius 3 is 2.91 bits per heavy atom. The summed E-state index contributed by atoms with van der Waals surface area (Å²) in [4.78, 5) is 11.0. The maximum Gasteiger partial charge on any atom is 0.306 e. The highest BCUT2D eigenvalue weighted by Gasteiger charge is 2.51. The third kappa shape index (κ3) is 0.883. The molecule has 3 rings (SSSR count). The van der Waals surface area contributed by atoms with E-state index >= 15 is 0 Å². The SMILES string of the molecule is CC1(C)C2CCC(=O)O[C@@H]1C2. The molecule has 2 heteroatoms. The molecule has 0 radical (unpaired) electrons. The first-order chi connectivity index (χ1) is 5.10. The highest BCUT2D eigenvalue weighted by molar-refractivity contribution is 5.70. The first-order valence-electron chi connectivity index (χ1n) is 4.30. The zero-order valence-electron chi connectivity index (χ0n) is 7.09. The van der Waals surface area contributed by atoms with Gasteiger partial charge in [0.15, 0.2) is 0 Å². The predicted octanol–water partition coefficient (Wildman–Crippen LogP) is 1.74. The van der Waals surface area contributed by atoms with Gasteiger partial charge in [-0.15, -0.1) is 0 Å². The summed E-state index contributed by atoms with van der Waals surface area (Å²) in [5.74, 6) is 0.724. The summed E-state index contributed by atoms with van der Waals surface area (Å²) < 4.78 is 5.25. The average Bonchev–Trinajstić information content (AvgIpc) is 2.17. The molecule has 0 spiro atoms. The van der Waals surface area contributed by atoms with Crippen LogP contribution in [0.4, 0.5) is 0 Å². The molecule has 0 aromatic rings. The van der Waals surface area contributed by atoms with Crippen molar-refractivity contribution >= 4 is 5.97 Å². The van der Waals surface area contributed by atoms with Gasteiger partial charge in [-0.3, -0.25) is 4.79 Å². The molecule has 1 saturated carbocycles. The molecule has 0 amide bonds. The lowest BCUT2D eigenvalue weighted by atomic mass is 9.59. The van der Waals surface area contributed by atoms with E-state index in [1.54, 1.807) is 0 Å². The molecule has 62 valence electrons. The summed E-state index contributed by atoms with van der Waals surface area (Å²) >= 11 is 0. The third-order valence-corrected chi connectivity index (χ3v) is 3.35. The van der Waals surface area contributed by atoms with Crippen molar-refractivity contribution in [2.24, 2.45) is 11.3 Å². The molecule has 2 heterocycles. The first-order valence-corrected chi connectivity index (χ1v) is 4.30. The summed E-state index contributed by atoms with van der Waals surface area (Å²) in [5, 5.41) is 0. The Hall–Kier alpha value is -0.530. The number of carbonyl (C=O) groups excluding carboxylic acids is 1. The second-order valence-electron chi connectivity index (χ2n) is 4.27. The molecule has 0 aromatic carbocycles. The molecule has 2 atom stereocenters. The van der Waals surface area contributed by atoms with E-state index in [-0.39, 0.29) is 17.5 Å². The van der Waals surface area contributed by atoms with Gasteiger partial charge in [0, 0.05) is 11.8 Å². The first kappa shape index (κ1) is 7.14. The second kappa shape index (κ2) is 1.99. The minimum absolute atomic E-state index is 0.00285. The third-order valence-electron chi connectivity index (χ3n) is 3.35. The van der Waals surface area contributed by atoms with Crippen molar-refractivity contribution in [2.45, 2.75) is 39.2 Å². The number of hydrogen-bond donors (Lipinski definition) is 0. The van der Waals surface area contributed by atoms with Gasteiger partial charge in [0.2, 0.25) is 0 Å². The predicted molar refractivity (Wildman–Crippen MR) is 41.0 cm³/mol. The Balaban J connectivity index is 2.17. The van der Waals surface area contributed by atoms with E-state index in [0.717, 1.165) is 18.8 Å². The van der Waals surface area contributed by atoms with E-state index in [2.05, 4.69) is 13.8 Å². The second-order valence-corrected chi connectivity index (χ2v) is 4.27. The van der Waals surface area contributed by atoms with Crippen LogP contribution in [0.1, 0.15) is 33.1 Å². The van der Waals surface area contributed by atoms with Gasteiger partial charge in [-0.25, -0.2) is 0 Å². The molecule has 1 unspecified atom stereocenters. The smallest absolute Gasteiger partial charge is 0.306 e. The molecule has 2 bridgehead atoms. The normalized spacial score (nSPS) is 40.4. The van der Waals surface area contributed by atoms with Crippen molar-refractivity contribution < 1.29 is 9.53 Å². The van der Waals surface area contributed by atoms with Crippen LogP contribution in [0, 0.1) is 11.3 Å². The summed E-state index contributed by atoms with van der Waals surface area (Å²) in [6, 6.07) is 0. The Labute approximate surface area is 66.9 Å². The quantitative estimate of drug-likeness (QED) is 0.497. The molecule has 0 N–H and O–H groups in total. The van der Waals surface area contributed by atoms with Gasteiger partial charge in [-0.2, -0.15) is 0 Å². The van der Waals surface area contributed by atoms with E-state index < -0.39 is 0 Å². The Kier molecular flexibility index (Phi) is 1.29. The van der Waals surface area contributed by atoms with Gasteiger partial charge < -0.3 is 4.74 Å². The molecule has 2 nitrogen and oxygen atoms in total. The summed E-state index contributed by atoms with van der Waals surface area (Å²) in [5.41, 5.74) is 0.256. The molecule has 1 aliphatic carbocycles. The van der Waals surface area contributed by atoms with E-state index in [1.165, 1.54) is 0 Å². The van der Waals surface area contributed by atoms with Crippen LogP contribution in [0.5, 0.6) is 0 Å².